The molecule has 2 nitrogen and oxygen atoms in total. The topological polar surface area (TPSA) is 21.3 Å². The van der Waals surface area contributed by atoms with Crippen molar-refractivity contribution < 1.29 is 4.74 Å². The summed E-state index contributed by atoms with van der Waals surface area (Å²) >= 11 is 0. The van der Waals surface area contributed by atoms with Crippen molar-refractivity contribution in [2.45, 2.75) is 58.4 Å². The molecule has 0 aromatic heterocycles. The lowest BCUT2D eigenvalue weighted by atomic mass is 9.87. The van der Waals surface area contributed by atoms with E-state index in [1.165, 1.54) is 25.7 Å². The molecule has 1 N–H and O–H groups in total. The van der Waals surface area contributed by atoms with Crippen molar-refractivity contribution in [2.24, 2.45) is 5.92 Å². The van der Waals surface area contributed by atoms with Gasteiger partial charge < -0.3 is 10.1 Å². The molecule has 0 unspecified atom stereocenters. The molecule has 1 aliphatic rings. The third-order valence-electron chi connectivity index (χ3n) is 3.26. The number of rotatable bonds is 7. The Hall–Kier alpha value is -0.0800. The maximum absolute atomic E-state index is 5.45. The smallest absolute Gasteiger partial charge is 0.0478 e. The van der Waals surface area contributed by atoms with Crippen LogP contribution >= 0.6 is 0 Å². The Bertz CT molecular complexity index is 141. The van der Waals surface area contributed by atoms with Crippen LogP contribution in [0.3, 0.4) is 0 Å². The Balaban J connectivity index is 1.87. The molecule has 0 bridgehead atoms. The summed E-state index contributed by atoms with van der Waals surface area (Å²) in [5, 5.41) is 3.64. The monoisotopic (exact) mass is 213 g/mol. The summed E-state index contributed by atoms with van der Waals surface area (Å²) in [6.07, 6.45) is 7.85. The third kappa shape index (κ3) is 6.16. The van der Waals surface area contributed by atoms with Crippen LogP contribution in [0.15, 0.2) is 0 Å². The molecule has 0 atom stereocenters. The van der Waals surface area contributed by atoms with E-state index in [2.05, 4.69) is 19.2 Å². The fraction of sp³-hybridized carbons (Fsp3) is 1.00. The first-order valence-corrected chi connectivity index (χ1v) is 6.64. The van der Waals surface area contributed by atoms with Crippen molar-refractivity contribution in [3.05, 3.63) is 0 Å². The molecular weight excluding hydrogens is 186 g/mol. The summed E-state index contributed by atoms with van der Waals surface area (Å²) in [6, 6.07) is 0.785. The van der Waals surface area contributed by atoms with E-state index in [-0.39, 0.29) is 0 Å². The van der Waals surface area contributed by atoms with Crippen molar-refractivity contribution in [2.75, 3.05) is 19.8 Å². The van der Waals surface area contributed by atoms with Gasteiger partial charge in [0.15, 0.2) is 0 Å². The van der Waals surface area contributed by atoms with Crippen LogP contribution in [0.1, 0.15) is 52.4 Å². The minimum Gasteiger partial charge on any atom is -0.381 e. The van der Waals surface area contributed by atoms with Crippen molar-refractivity contribution in [1.29, 1.82) is 0 Å². The van der Waals surface area contributed by atoms with Gasteiger partial charge in [-0.1, -0.05) is 13.8 Å². The maximum Gasteiger partial charge on any atom is 0.0478 e. The van der Waals surface area contributed by atoms with Crippen molar-refractivity contribution in [3.63, 3.8) is 0 Å². The second kappa shape index (κ2) is 8.12. The summed E-state index contributed by atoms with van der Waals surface area (Å²) in [5.74, 6) is 0.955. The van der Waals surface area contributed by atoms with Gasteiger partial charge in [-0.05, 0) is 51.0 Å². The van der Waals surface area contributed by atoms with Gasteiger partial charge in [-0.15, -0.1) is 0 Å². The van der Waals surface area contributed by atoms with Crippen LogP contribution in [-0.4, -0.2) is 25.8 Å². The summed E-state index contributed by atoms with van der Waals surface area (Å²) in [5.41, 5.74) is 0. The van der Waals surface area contributed by atoms with E-state index in [0.29, 0.717) is 0 Å². The van der Waals surface area contributed by atoms with Crippen LogP contribution in [-0.2, 0) is 4.74 Å². The molecule has 0 spiro atoms. The number of ether oxygens (including phenoxy) is 1. The molecule has 0 amide bonds. The average Bonchev–Trinajstić information content (AvgIpc) is 2.26. The van der Waals surface area contributed by atoms with E-state index < -0.39 is 0 Å². The number of hydrogen-bond donors (Lipinski definition) is 1. The van der Waals surface area contributed by atoms with Gasteiger partial charge in [-0.25, -0.2) is 0 Å². The van der Waals surface area contributed by atoms with Crippen molar-refractivity contribution in [3.8, 4) is 0 Å². The van der Waals surface area contributed by atoms with E-state index in [0.717, 1.165) is 44.6 Å². The molecule has 1 aliphatic carbocycles. The van der Waals surface area contributed by atoms with E-state index in [4.69, 9.17) is 4.74 Å². The highest BCUT2D eigenvalue weighted by Gasteiger charge is 2.16. The highest BCUT2D eigenvalue weighted by molar-refractivity contribution is 4.74. The lowest BCUT2D eigenvalue weighted by molar-refractivity contribution is 0.131. The highest BCUT2D eigenvalue weighted by atomic mass is 16.5. The van der Waals surface area contributed by atoms with Crippen LogP contribution in [0, 0.1) is 5.92 Å². The molecule has 15 heavy (non-hydrogen) atoms. The predicted octanol–water partition coefficient (Wildman–Crippen LogP) is 2.97. The average molecular weight is 213 g/mol. The lowest BCUT2D eigenvalue weighted by Crippen LogP contribution is -2.33. The van der Waals surface area contributed by atoms with Gasteiger partial charge in [-0.2, -0.15) is 0 Å². The first kappa shape index (κ1) is 13.0. The molecule has 1 saturated carbocycles. The zero-order chi connectivity index (χ0) is 10.9. The largest absolute Gasteiger partial charge is 0.381 e. The number of hydrogen-bond acceptors (Lipinski definition) is 2. The Labute approximate surface area is 94.8 Å². The standard InChI is InChI=1S/C13H27NO/c1-3-10-15-11-4-9-14-13-7-5-12(2)6-8-13/h12-14H,3-11H2,1-2H3. The molecule has 0 aromatic rings. The summed E-state index contributed by atoms with van der Waals surface area (Å²) < 4.78 is 5.45. The summed E-state index contributed by atoms with van der Waals surface area (Å²) in [4.78, 5) is 0. The molecular formula is C13H27NO. The quantitative estimate of drug-likeness (QED) is 0.656. The van der Waals surface area contributed by atoms with Gasteiger partial charge in [0.05, 0.1) is 0 Å². The molecule has 0 heterocycles. The van der Waals surface area contributed by atoms with Gasteiger partial charge in [-0.3, -0.25) is 0 Å². The Morgan fingerprint density at radius 1 is 1.13 bits per heavy atom. The highest BCUT2D eigenvalue weighted by Crippen LogP contribution is 2.23. The van der Waals surface area contributed by atoms with E-state index in [1.54, 1.807) is 0 Å². The number of nitrogens with one attached hydrogen (secondary N) is 1. The molecule has 0 saturated heterocycles. The van der Waals surface area contributed by atoms with E-state index in [9.17, 15) is 0 Å². The van der Waals surface area contributed by atoms with Gasteiger partial charge in [0.25, 0.3) is 0 Å². The third-order valence-corrected chi connectivity index (χ3v) is 3.26. The Morgan fingerprint density at radius 3 is 2.53 bits per heavy atom. The molecule has 0 aliphatic heterocycles. The lowest BCUT2D eigenvalue weighted by Gasteiger charge is -2.27. The molecule has 0 aromatic carbocycles. The van der Waals surface area contributed by atoms with Gasteiger partial charge in [0.1, 0.15) is 0 Å². The van der Waals surface area contributed by atoms with Gasteiger partial charge in [0, 0.05) is 19.3 Å². The van der Waals surface area contributed by atoms with E-state index in [1.807, 2.05) is 0 Å². The normalized spacial score (nSPS) is 26.8. The first-order chi connectivity index (χ1) is 7.33. The second-order valence-electron chi connectivity index (χ2n) is 4.88. The van der Waals surface area contributed by atoms with Gasteiger partial charge in [0.2, 0.25) is 0 Å². The first-order valence-electron chi connectivity index (χ1n) is 6.64. The summed E-state index contributed by atoms with van der Waals surface area (Å²) in [7, 11) is 0. The molecule has 2 heteroatoms. The Kier molecular flexibility index (Phi) is 7.03. The van der Waals surface area contributed by atoms with Crippen LogP contribution in [0.25, 0.3) is 0 Å². The zero-order valence-electron chi connectivity index (χ0n) is 10.4. The van der Waals surface area contributed by atoms with Crippen LogP contribution in [0.5, 0.6) is 0 Å². The van der Waals surface area contributed by atoms with Crippen LogP contribution in [0.2, 0.25) is 0 Å². The maximum atomic E-state index is 5.45. The molecule has 1 rings (SSSR count). The minimum absolute atomic E-state index is 0.785. The SMILES string of the molecule is CCCOCCCNC1CCC(C)CC1. The second-order valence-corrected chi connectivity index (χ2v) is 4.88. The summed E-state index contributed by atoms with van der Waals surface area (Å²) in [6.45, 7) is 7.49. The van der Waals surface area contributed by atoms with Crippen molar-refractivity contribution >= 4 is 0 Å². The van der Waals surface area contributed by atoms with Crippen LogP contribution < -0.4 is 5.32 Å². The van der Waals surface area contributed by atoms with Gasteiger partial charge >= 0.3 is 0 Å². The fourth-order valence-electron chi connectivity index (χ4n) is 2.19. The Morgan fingerprint density at radius 2 is 1.87 bits per heavy atom. The molecule has 0 radical (unpaired) electrons. The zero-order valence-corrected chi connectivity index (χ0v) is 10.4. The van der Waals surface area contributed by atoms with Crippen LogP contribution in [0.4, 0.5) is 0 Å². The molecule has 1 fully saturated rings. The fourth-order valence-corrected chi connectivity index (χ4v) is 2.19. The molecule has 90 valence electrons. The predicted molar refractivity (Wildman–Crippen MR) is 65.1 cm³/mol. The minimum atomic E-state index is 0.785. The van der Waals surface area contributed by atoms with E-state index >= 15 is 0 Å². The van der Waals surface area contributed by atoms with Crippen molar-refractivity contribution in [1.82, 2.24) is 5.32 Å².